The molecule has 1 amide bonds. The average molecular weight is 318 g/mol. The standard InChI is InChI=1S/C15H16ClN5O/c1-10(8-9-17)20(3)15(22)14-18-11(2)21(19-14)13-7-5-4-6-12(13)16/h4-7,10H,8H2,1-3H3. The first kappa shape index (κ1) is 16.0. The van der Waals surface area contributed by atoms with Crippen molar-refractivity contribution in [2.45, 2.75) is 26.3 Å². The molecule has 0 aliphatic rings. The van der Waals surface area contributed by atoms with E-state index in [0.717, 1.165) is 0 Å². The third-order valence-electron chi connectivity index (χ3n) is 3.41. The van der Waals surface area contributed by atoms with E-state index in [1.54, 1.807) is 37.7 Å². The molecular formula is C15H16ClN5O. The van der Waals surface area contributed by atoms with Gasteiger partial charge < -0.3 is 4.90 Å². The van der Waals surface area contributed by atoms with Gasteiger partial charge in [0.25, 0.3) is 5.91 Å². The molecule has 1 unspecified atom stereocenters. The highest BCUT2D eigenvalue weighted by Gasteiger charge is 2.22. The lowest BCUT2D eigenvalue weighted by Gasteiger charge is -2.21. The Morgan fingerprint density at radius 2 is 2.18 bits per heavy atom. The normalized spacial score (nSPS) is 11.8. The van der Waals surface area contributed by atoms with Gasteiger partial charge in [-0.1, -0.05) is 23.7 Å². The zero-order valence-electron chi connectivity index (χ0n) is 12.6. The molecule has 7 heteroatoms. The highest BCUT2D eigenvalue weighted by Crippen LogP contribution is 2.20. The number of nitrogens with zero attached hydrogens (tertiary/aromatic N) is 5. The second-order valence-corrected chi connectivity index (χ2v) is 5.38. The Hall–Kier alpha value is -2.39. The van der Waals surface area contributed by atoms with Gasteiger partial charge in [0.15, 0.2) is 0 Å². The van der Waals surface area contributed by atoms with E-state index in [2.05, 4.69) is 10.1 Å². The minimum Gasteiger partial charge on any atom is -0.335 e. The third kappa shape index (κ3) is 3.10. The van der Waals surface area contributed by atoms with Crippen LogP contribution in [-0.2, 0) is 0 Å². The van der Waals surface area contributed by atoms with Gasteiger partial charge in [-0.05, 0) is 26.0 Å². The number of rotatable bonds is 4. The largest absolute Gasteiger partial charge is 0.335 e. The Morgan fingerprint density at radius 1 is 1.50 bits per heavy atom. The summed E-state index contributed by atoms with van der Waals surface area (Å²) >= 11 is 6.15. The van der Waals surface area contributed by atoms with Gasteiger partial charge in [0, 0.05) is 13.1 Å². The Morgan fingerprint density at radius 3 is 2.82 bits per heavy atom. The van der Waals surface area contributed by atoms with Crippen LogP contribution in [0.5, 0.6) is 0 Å². The SMILES string of the molecule is Cc1nc(C(=O)N(C)C(C)CC#N)nn1-c1ccccc1Cl. The van der Waals surface area contributed by atoms with Crippen molar-refractivity contribution in [3.05, 3.63) is 40.9 Å². The van der Waals surface area contributed by atoms with Crippen molar-refractivity contribution in [3.8, 4) is 11.8 Å². The first-order valence-electron chi connectivity index (χ1n) is 6.78. The molecule has 1 aromatic heterocycles. The van der Waals surface area contributed by atoms with E-state index < -0.39 is 0 Å². The third-order valence-corrected chi connectivity index (χ3v) is 3.73. The van der Waals surface area contributed by atoms with Crippen molar-refractivity contribution in [1.29, 1.82) is 5.26 Å². The van der Waals surface area contributed by atoms with Crippen molar-refractivity contribution in [3.63, 3.8) is 0 Å². The van der Waals surface area contributed by atoms with Crippen LogP contribution in [0.2, 0.25) is 5.02 Å². The summed E-state index contributed by atoms with van der Waals surface area (Å²) in [5.74, 6) is 0.333. The molecule has 6 nitrogen and oxygen atoms in total. The molecule has 2 aromatic rings. The maximum atomic E-state index is 12.4. The van der Waals surface area contributed by atoms with Crippen LogP contribution in [-0.4, -0.2) is 38.7 Å². The molecule has 0 N–H and O–H groups in total. The number of hydrogen-bond acceptors (Lipinski definition) is 4. The molecule has 1 aromatic carbocycles. The first-order chi connectivity index (χ1) is 10.5. The molecule has 1 heterocycles. The average Bonchev–Trinajstić information content (AvgIpc) is 2.88. The van der Waals surface area contributed by atoms with Crippen molar-refractivity contribution >= 4 is 17.5 Å². The zero-order valence-corrected chi connectivity index (χ0v) is 13.4. The maximum Gasteiger partial charge on any atom is 0.293 e. The molecule has 0 fully saturated rings. The van der Waals surface area contributed by atoms with Gasteiger partial charge >= 0.3 is 0 Å². The summed E-state index contributed by atoms with van der Waals surface area (Å²) in [4.78, 5) is 18.1. The smallest absolute Gasteiger partial charge is 0.293 e. The maximum absolute atomic E-state index is 12.4. The summed E-state index contributed by atoms with van der Waals surface area (Å²) in [6, 6.07) is 9.06. The van der Waals surface area contributed by atoms with Gasteiger partial charge in [0.1, 0.15) is 5.82 Å². The highest BCUT2D eigenvalue weighted by atomic mass is 35.5. The second-order valence-electron chi connectivity index (χ2n) is 4.97. The van der Waals surface area contributed by atoms with Crippen LogP contribution in [0.25, 0.3) is 5.69 Å². The molecule has 114 valence electrons. The van der Waals surface area contributed by atoms with Gasteiger partial charge in [-0.25, -0.2) is 9.67 Å². The number of benzene rings is 1. The van der Waals surface area contributed by atoms with Crippen LogP contribution in [0.15, 0.2) is 24.3 Å². The van der Waals surface area contributed by atoms with Crippen LogP contribution >= 0.6 is 11.6 Å². The molecule has 0 bridgehead atoms. The van der Waals surface area contributed by atoms with E-state index in [9.17, 15) is 4.79 Å². The van der Waals surface area contributed by atoms with Gasteiger partial charge in [0.05, 0.1) is 23.2 Å². The number of halogens is 1. The number of nitriles is 1. The number of carbonyl (C=O) groups excluding carboxylic acids is 1. The van der Waals surface area contributed by atoms with E-state index in [4.69, 9.17) is 16.9 Å². The van der Waals surface area contributed by atoms with Crippen molar-refractivity contribution in [1.82, 2.24) is 19.7 Å². The van der Waals surface area contributed by atoms with E-state index in [1.807, 2.05) is 18.2 Å². The fourth-order valence-electron chi connectivity index (χ4n) is 1.96. The number of aryl methyl sites for hydroxylation is 1. The van der Waals surface area contributed by atoms with Crippen LogP contribution in [0.4, 0.5) is 0 Å². The summed E-state index contributed by atoms with van der Waals surface area (Å²) in [5, 5.41) is 13.5. The molecule has 1 atom stereocenters. The number of para-hydroxylation sites is 1. The number of aromatic nitrogens is 3. The van der Waals surface area contributed by atoms with E-state index >= 15 is 0 Å². The van der Waals surface area contributed by atoms with Crippen LogP contribution in [0.3, 0.4) is 0 Å². The van der Waals surface area contributed by atoms with Gasteiger partial charge in [0.2, 0.25) is 5.82 Å². The number of carbonyl (C=O) groups is 1. The molecule has 22 heavy (non-hydrogen) atoms. The molecule has 0 spiro atoms. The molecule has 0 radical (unpaired) electrons. The van der Waals surface area contributed by atoms with Gasteiger partial charge in [-0.2, -0.15) is 5.26 Å². The Bertz CT molecular complexity index is 734. The lowest BCUT2D eigenvalue weighted by molar-refractivity contribution is 0.0734. The fraction of sp³-hybridized carbons (Fsp3) is 0.333. The summed E-state index contributed by atoms with van der Waals surface area (Å²) in [7, 11) is 1.63. The molecule has 0 saturated heterocycles. The summed E-state index contributed by atoms with van der Waals surface area (Å²) in [6.07, 6.45) is 0.256. The molecule has 0 aliphatic heterocycles. The number of amides is 1. The molecular weight excluding hydrogens is 302 g/mol. The zero-order chi connectivity index (χ0) is 16.3. The minimum atomic E-state index is -0.323. The van der Waals surface area contributed by atoms with Crippen LogP contribution < -0.4 is 0 Å². The predicted octanol–water partition coefficient (Wildman–Crippen LogP) is 2.60. The summed E-state index contributed by atoms with van der Waals surface area (Å²) in [5.41, 5.74) is 0.668. The Kier molecular flexibility index (Phi) is 4.78. The first-order valence-corrected chi connectivity index (χ1v) is 7.16. The quantitative estimate of drug-likeness (QED) is 0.868. The Balaban J connectivity index is 2.33. The summed E-state index contributed by atoms with van der Waals surface area (Å²) in [6.45, 7) is 3.56. The van der Waals surface area contributed by atoms with E-state index in [0.29, 0.717) is 16.5 Å². The van der Waals surface area contributed by atoms with Crippen molar-refractivity contribution in [2.24, 2.45) is 0 Å². The lowest BCUT2D eigenvalue weighted by Crippen LogP contribution is -2.35. The predicted molar refractivity (Wildman–Crippen MR) is 82.9 cm³/mol. The molecule has 0 saturated carbocycles. The number of hydrogen-bond donors (Lipinski definition) is 0. The monoisotopic (exact) mass is 317 g/mol. The van der Waals surface area contributed by atoms with Gasteiger partial charge in [-0.15, -0.1) is 5.10 Å². The summed E-state index contributed by atoms with van der Waals surface area (Å²) < 4.78 is 1.54. The van der Waals surface area contributed by atoms with Crippen molar-refractivity contribution < 1.29 is 4.79 Å². The lowest BCUT2D eigenvalue weighted by atomic mass is 10.2. The van der Waals surface area contributed by atoms with Crippen LogP contribution in [0, 0.1) is 18.3 Å². The fourth-order valence-corrected chi connectivity index (χ4v) is 2.18. The van der Waals surface area contributed by atoms with E-state index in [-0.39, 0.29) is 24.2 Å². The Labute approximate surface area is 133 Å². The topological polar surface area (TPSA) is 74.8 Å². The van der Waals surface area contributed by atoms with E-state index in [1.165, 1.54) is 4.90 Å². The molecule has 0 aliphatic carbocycles. The van der Waals surface area contributed by atoms with Crippen molar-refractivity contribution in [2.75, 3.05) is 7.05 Å². The van der Waals surface area contributed by atoms with Crippen LogP contribution in [0.1, 0.15) is 29.8 Å². The second kappa shape index (κ2) is 6.58. The molecule has 2 rings (SSSR count). The minimum absolute atomic E-state index is 0.0877. The highest BCUT2D eigenvalue weighted by molar-refractivity contribution is 6.32. The van der Waals surface area contributed by atoms with Gasteiger partial charge in [-0.3, -0.25) is 4.79 Å².